The van der Waals surface area contributed by atoms with Crippen LogP contribution in [0.4, 0.5) is 0 Å². The molecule has 1 aliphatic heterocycles. The van der Waals surface area contributed by atoms with Gasteiger partial charge in [-0.15, -0.1) is 0 Å². The molecule has 3 nitrogen and oxygen atoms in total. The molecule has 2 aliphatic rings. The van der Waals surface area contributed by atoms with Crippen LogP contribution in [0.2, 0.25) is 0 Å². The Bertz CT molecular complexity index is 259. The van der Waals surface area contributed by atoms with E-state index in [1.54, 1.807) is 0 Å². The summed E-state index contributed by atoms with van der Waals surface area (Å²) in [4.78, 5) is 13.8. The van der Waals surface area contributed by atoms with E-state index < -0.39 is 0 Å². The molecule has 1 unspecified atom stereocenters. The number of nitrogens with zero attached hydrogens (tertiary/aromatic N) is 1. The largest absolute Gasteiger partial charge is 0.396 e. The van der Waals surface area contributed by atoms with Gasteiger partial charge in [-0.05, 0) is 50.5 Å². The third-order valence-corrected chi connectivity index (χ3v) is 4.69. The van der Waals surface area contributed by atoms with Crippen LogP contribution < -0.4 is 0 Å². The van der Waals surface area contributed by atoms with E-state index >= 15 is 0 Å². The molecule has 0 aromatic carbocycles. The molecule has 0 spiro atoms. The zero-order valence-electron chi connectivity index (χ0n) is 10.9. The van der Waals surface area contributed by atoms with Gasteiger partial charge in [0.25, 0.3) is 0 Å². The summed E-state index contributed by atoms with van der Waals surface area (Å²) in [5.41, 5.74) is -0.0865. The van der Waals surface area contributed by atoms with E-state index in [0.717, 1.165) is 44.8 Å². The van der Waals surface area contributed by atoms with Crippen LogP contribution in [0.5, 0.6) is 0 Å². The van der Waals surface area contributed by atoms with Crippen LogP contribution in [-0.4, -0.2) is 42.5 Å². The molecule has 1 saturated carbocycles. The quantitative estimate of drug-likeness (QED) is 0.759. The maximum atomic E-state index is 11.5. The van der Waals surface area contributed by atoms with Crippen LogP contribution in [0.1, 0.15) is 39.0 Å². The molecule has 0 aromatic heterocycles. The Hall–Kier alpha value is -0.410. The van der Waals surface area contributed by atoms with Gasteiger partial charge in [-0.2, -0.15) is 0 Å². The van der Waals surface area contributed by atoms with Gasteiger partial charge in [0.1, 0.15) is 6.29 Å². The first-order chi connectivity index (χ1) is 8.17. The Balaban J connectivity index is 1.89. The number of carbonyl (C=O) groups excluding carboxylic acids is 1. The van der Waals surface area contributed by atoms with Gasteiger partial charge >= 0.3 is 0 Å². The Morgan fingerprint density at radius 1 is 1.35 bits per heavy atom. The average molecular weight is 239 g/mol. The smallest absolute Gasteiger partial charge is 0.127 e. The third kappa shape index (κ3) is 3.08. The zero-order valence-corrected chi connectivity index (χ0v) is 10.9. The lowest BCUT2D eigenvalue weighted by Crippen LogP contribution is -2.40. The second-order valence-electron chi connectivity index (χ2n) is 6.24. The lowest BCUT2D eigenvalue weighted by molar-refractivity contribution is -0.119. The molecule has 1 heterocycles. The minimum atomic E-state index is -0.0865. The van der Waals surface area contributed by atoms with Crippen LogP contribution in [0.25, 0.3) is 0 Å². The molecular formula is C14H25NO2. The van der Waals surface area contributed by atoms with Gasteiger partial charge in [-0.3, -0.25) is 0 Å². The number of likely N-dealkylation sites (tertiary alicyclic amines) is 1. The van der Waals surface area contributed by atoms with Gasteiger partial charge < -0.3 is 14.8 Å². The van der Waals surface area contributed by atoms with E-state index in [1.807, 2.05) is 0 Å². The van der Waals surface area contributed by atoms with E-state index in [4.69, 9.17) is 5.11 Å². The molecule has 0 amide bonds. The number of carbonyl (C=O) groups is 1. The van der Waals surface area contributed by atoms with Crippen molar-refractivity contribution in [3.8, 4) is 0 Å². The van der Waals surface area contributed by atoms with Crippen LogP contribution in [0.15, 0.2) is 0 Å². The monoisotopic (exact) mass is 239 g/mol. The minimum absolute atomic E-state index is 0.0865. The third-order valence-electron chi connectivity index (χ3n) is 4.69. The summed E-state index contributed by atoms with van der Waals surface area (Å²) < 4.78 is 0. The van der Waals surface area contributed by atoms with Crippen LogP contribution >= 0.6 is 0 Å². The molecule has 1 atom stereocenters. The van der Waals surface area contributed by atoms with Crippen molar-refractivity contribution in [3.05, 3.63) is 0 Å². The predicted molar refractivity (Wildman–Crippen MR) is 67.8 cm³/mol. The fourth-order valence-corrected chi connectivity index (χ4v) is 3.30. The zero-order chi connectivity index (χ0) is 12.3. The average Bonchev–Trinajstić information content (AvgIpc) is 2.80. The lowest BCUT2D eigenvalue weighted by Gasteiger charge is -2.37. The summed E-state index contributed by atoms with van der Waals surface area (Å²) in [6.07, 6.45) is 6.79. The Kier molecular flexibility index (Phi) is 4.21. The number of hydrogen-bond acceptors (Lipinski definition) is 3. The van der Waals surface area contributed by atoms with E-state index in [9.17, 15) is 4.79 Å². The van der Waals surface area contributed by atoms with Crippen molar-refractivity contribution < 1.29 is 9.90 Å². The molecule has 98 valence electrons. The molecule has 17 heavy (non-hydrogen) atoms. The summed E-state index contributed by atoms with van der Waals surface area (Å²) in [6.45, 7) is 5.52. The number of rotatable bonds is 4. The van der Waals surface area contributed by atoms with Crippen molar-refractivity contribution in [2.75, 3.05) is 26.2 Å². The van der Waals surface area contributed by atoms with Gasteiger partial charge in [0, 0.05) is 25.1 Å². The molecule has 2 fully saturated rings. The van der Waals surface area contributed by atoms with Crippen molar-refractivity contribution in [2.24, 2.45) is 17.3 Å². The second-order valence-corrected chi connectivity index (χ2v) is 6.24. The maximum absolute atomic E-state index is 11.5. The fraction of sp³-hybridized carbons (Fsp3) is 0.929. The Morgan fingerprint density at radius 2 is 2.06 bits per heavy atom. The molecular weight excluding hydrogens is 214 g/mol. The maximum Gasteiger partial charge on any atom is 0.127 e. The minimum Gasteiger partial charge on any atom is -0.396 e. The van der Waals surface area contributed by atoms with Crippen molar-refractivity contribution >= 4 is 6.29 Å². The SMILES string of the molecule is CC1CCC(C=O)(CN2CCC(CO)C2)CC1. The van der Waals surface area contributed by atoms with Gasteiger partial charge in [0.05, 0.1) is 0 Å². The molecule has 0 radical (unpaired) electrons. The van der Waals surface area contributed by atoms with E-state index in [2.05, 4.69) is 11.8 Å². The first-order valence-corrected chi connectivity index (χ1v) is 6.97. The lowest BCUT2D eigenvalue weighted by atomic mass is 9.71. The van der Waals surface area contributed by atoms with Crippen molar-refractivity contribution in [2.45, 2.75) is 39.0 Å². The van der Waals surface area contributed by atoms with Gasteiger partial charge in [-0.1, -0.05) is 6.92 Å². The van der Waals surface area contributed by atoms with Gasteiger partial charge in [-0.25, -0.2) is 0 Å². The number of aldehydes is 1. The molecule has 0 bridgehead atoms. The molecule has 3 heteroatoms. The normalized spacial score (nSPS) is 39.4. The van der Waals surface area contributed by atoms with Crippen molar-refractivity contribution in [1.82, 2.24) is 4.90 Å². The highest BCUT2D eigenvalue weighted by Gasteiger charge is 2.37. The number of hydrogen-bond donors (Lipinski definition) is 1. The standard InChI is InChI=1S/C14H25NO2/c1-12-2-5-14(11-17,6-3-12)10-15-7-4-13(8-15)9-16/h11-13,16H,2-10H2,1H3. The highest BCUT2D eigenvalue weighted by Crippen LogP contribution is 2.38. The Labute approximate surface area is 104 Å². The van der Waals surface area contributed by atoms with Crippen molar-refractivity contribution in [3.63, 3.8) is 0 Å². The molecule has 2 rings (SSSR count). The predicted octanol–water partition coefficient (Wildman–Crippen LogP) is 1.70. The van der Waals surface area contributed by atoms with Crippen LogP contribution in [-0.2, 0) is 4.79 Å². The van der Waals surface area contributed by atoms with Crippen molar-refractivity contribution in [1.29, 1.82) is 0 Å². The van der Waals surface area contributed by atoms with Crippen LogP contribution in [0.3, 0.4) is 0 Å². The summed E-state index contributed by atoms with van der Waals surface area (Å²) >= 11 is 0. The molecule has 1 aliphatic carbocycles. The highest BCUT2D eigenvalue weighted by molar-refractivity contribution is 5.60. The summed E-state index contributed by atoms with van der Waals surface area (Å²) in [6, 6.07) is 0. The summed E-state index contributed by atoms with van der Waals surface area (Å²) in [5, 5.41) is 9.15. The first-order valence-electron chi connectivity index (χ1n) is 6.97. The number of aliphatic hydroxyl groups is 1. The number of aliphatic hydroxyl groups excluding tert-OH is 1. The first kappa shape index (κ1) is 13.0. The van der Waals surface area contributed by atoms with Crippen LogP contribution in [0, 0.1) is 17.3 Å². The van der Waals surface area contributed by atoms with E-state index in [-0.39, 0.29) is 5.41 Å². The van der Waals surface area contributed by atoms with E-state index in [1.165, 1.54) is 19.1 Å². The Morgan fingerprint density at radius 3 is 2.59 bits per heavy atom. The highest BCUT2D eigenvalue weighted by atomic mass is 16.3. The summed E-state index contributed by atoms with van der Waals surface area (Å²) in [5.74, 6) is 1.22. The topological polar surface area (TPSA) is 40.5 Å². The summed E-state index contributed by atoms with van der Waals surface area (Å²) in [7, 11) is 0. The van der Waals surface area contributed by atoms with Gasteiger partial charge in [0.15, 0.2) is 0 Å². The molecule has 0 aromatic rings. The van der Waals surface area contributed by atoms with Gasteiger partial charge in [0.2, 0.25) is 0 Å². The van der Waals surface area contributed by atoms with E-state index in [0.29, 0.717) is 12.5 Å². The molecule has 1 N–H and O–H groups in total. The second kappa shape index (κ2) is 5.49. The fourth-order valence-electron chi connectivity index (χ4n) is 3.30. The molecule has 1 saturated heterocycles.